The molecule has 5 rings (SSSR count). The van der Waals surface area contributed by atoms with Gasteiger partial charge >= 0.3 is 0 Å². The van der Waals surface area contributed by atoms with Crippen LogP contribution in [-0.2, 0) is 16.3 Å². The molecule has 0 amide bonds. The van der Waals surface area contributed by atoms with Crippen LogP contribution in [0, 0.1) is 32.1 Å². The number of nitrogens with zero attached hydrogens (tertiary/aromatic N) is 2. The van der Waals surface area contributed by atoms with Gasteiger partial charge in [0, 0.05) is 39.9 Å². The Hall–Kier alpha value is -3.46. The number of nitriles is 1. The lowest BCUT2D eigenvalue weighted by Crippen LogP contribution is -2.39. The van der Waals surface area contributed by atoms with Crippen molar-refractivity contribution in [1.82, 2.24) is 0 Å². The molecule has 0 saturated heterocycles. The van der Waals surface area contributed by atoms with Crippen molar-refractivity contribution in [1.29, 1.82) is 5.26 Å². The second-order valence-electron chi connectivity index (χ2n) is 10.4. The Bertz CT molecular complexity index is 1550. The van der Waals surface area contributed by atoms with Crippen LogP contribution in [-0.4, -0.2) is 5.78 Å². The average Bonchev–Trinajstić information content (AvgIpc) is 2.92. The molecule has 1 heterocycles. The molecule has 0 saturated carbocycles. The molecule has 3 aromatic rings. The van der Waals surface area contributed by atoms with Crippen LogP contribution in [0.15, 0.2) is 83.3 Å². The molecule has 0 fully saturated rings. The summed E-state index contributed by atoms with van der Waals surface area (Å²) in [5.74, 6) is 1.75. The molecule has 3 aromatic carbocycles. The van der Waals surface area contributed by atoms with Gasteiger partial charge in [-0.3, -0.25) is 9.69 Å². The standard InChI is InChI=1S/C33H32ClN3OS/c1-20-14-24(19-39-18-23-8-5-4-6-9-23)22(3)26(15-20)31-27(17-35)33(36)37(25-13-12-21(2)28(34)16-25)29-10-7-11-30(38)32(29)31/h4-6,8-9,12-16,31H,7,10-11,18-19,36H2,1-3H3. The van der Waals surface area contributed by atoms with Gasteiger partial charge in [0.05, 0.1) is 17.6 Å². The van der Waals surface area contributed by atoms with E-state index in [2.05, 4.69) is 56.3 Å². The highest BCUT2D eigenvalue weighted by Gasteiger charge is 2.41. The van der Waals surface area contributed by atoms with Crippen molar-refractivity contribution in [3.8, 4) is 6.07 Å². The summed E-state index contributed by atoms with van der Waals surface area (Å²) < 4.78 is 0. The summed E-state index contributed by atoms with van der Waals surface area (Å²) in [5, 5.41) is 11.1. The van der Waals surface area contributed by atoms with E-state index >= 15 is 0 Å². The molecule has 1 aliphatic heterocycles. The van der Waals surface area contributed by atoms with Crippen LogP contribution in [0.5, 0.6) is 0 Å². The zero-order chi connectivity index (χ0) is 27.7. The van der Waals surface area contributed by atoms with E-state index in [-0.39, 0.29) is 5.78 Å². The summed E-state index contributed by atoms with van der Waals surface area (Å²) in [5.41, 5.74) is 16.3. The van der Waals surface area contributed by atoms with E-state index in [4.69, 9.17) is 17.3 Å². The number of halogens is 1. The Morgan fingerprint density at radius 1 is 1.05 bits per heavy atom. The summed E-state index contributed by atoms with van der Waals surface area (Å²) in [6.07, 6.45) is 1.94. The van der Waals surface area contributed by atoms with Crippen molar-refractivity contribution in [2.75, 3.05) is 4.90 Å². The number of aryl methyl sites for hydroxylation is 2. The summed E-state index contributed by atoms with van der Waals surface area (Å²) >= 11 is 8.35. The Morgan fingerprint density at radius 3 is 2.54 bits per heavy atom. The summed E-state index contributed by atoms with van der Waals surface area (Å²) in [6, 6.07) is 23.0. The molecular weight excluding hydrogens is 522 g/mol. The molecule has 0 radical (unpaired) electrons. The SMILES string of the molecule is Cc1cc(CSCc2ccccc2)c(C)c(C2C(C#N)=C(N)N(c3ccc(C)c(Cl)c3)C3=C2C(=O)CCC3)c1. The molecule has 4 nitrogen and oxygen atoms in total. The zero-order valence-corrected chi connectivity index (χ0v) is 24.1. The first kappa shape index (κ1) is 27.1. The van der Waals surface area contributed by atoms with Crippen LogP contribution in [0.4, 0.5) is 5.69 Å². The molecule has 1 atom stereocenters. The van der Waals surface area contributed by atoms with E-state index in [1.165, 1.54) is 11.1 Å². The van der Waals surface area contributed by atoms with Crippen LogP contribution in [0.2, 0.25) is 5.02 Å². The number of anilines is 1. The first-order chi connectivity index (χ1) is 18.8. The van der Waals surface area contributed by atoms with Gasteiger partial charge in [-0.15, -0.1) is 0 Å². The van der Waals surface area contributed by atoms with Crippen molar-refractivity contribution in [2.24, 2.45) is 5.73 Å². The molecule has 39 heavy (non-hydrogen) atoms. The second-order valence-corrected chi connectivity index (χ2v) is 11.8. The average molecular weight is 554 g/mol. The number of carbonyl (C=O) groups is 1. The molecule has 0 aromatic heterocycles. The highest BCUT2D eigenvalue weighted by molar-refractivity contribution is 7.97. The number of ketones is 1. The number of nitrogens with two attached hydrogens (primary N) is 1. The minimum Gasteiger partial charge on any atom is -0.384 e. The number of carbonyl (C=O) groups excluding carboxylic acids is 1. The number of rotatable bonds is 6. The number of benzene rings is 3. The molecule has 1 aliphatic carbocycles. The van der Waals surface area contributed by atoms with E-state index in [1.54, 1.807) is 0 Å². The fourth-order valence-corrected chi connectivity index (χ4v) is 6.90. The maximum atomic E-state index is 13.6. The molecule has 0 bridgehead atoms. The van der Waals surface area contributed by atoms with Crippen LogP contribution in [0.25, 0.3) is 0 Å². The second kappa shape index (κ2) is 11.3. The Morgan fingerprint density at radius 2 is 1.82 bits per heavy atom. The third kappa shape index (κ3) is 5.24. The van der Waals surface area contributed by atoms with E-state index < -0.39 is 5.92 Å². The van der Waals surface area contributed by atoms with Gasteiger partial charge in [0.25, 0.3) is 0 Å². The van der Waals surface area contributed by atoms with Crippen molar-refractivity contribution in [3.05, 3.63) is 122 Å². The predicted molar refractivity (Wildman–Crippen MR) is 161 cm³/mol. The largest absolute Gasteiger partial charge is 0.384 e. The highest BCUT2D eigenvalue weighted by atomic mass is 35.5. The van der Waals surface area contributed by atoms with E-state index in [1.807, 2.05) is 47.9 Å². The van der Waals surface area contributed by atoms with E-state index in [0.29, 0.717) is 34.8 Å². The summed E-state index contributed by atoms with van der Waals surface area (Å²) in [4.78, 5) is 15.5. The zero-order valence-electron chi connectivity index (χ0n) is 22.6. The van der Waals surface area contributed by atoms with Gasteiger partial charge in [-0.25, -0.2) is 0 Å². The fraction of sp³-hybridized carbons (Fsp3) is 0.273. The first-order valence-electron chi connectivity index (χ1n) is 13.2. The van der Waals surface area contributed by atoms with Gasteiger partial charge in [0.2, 0.25) is 0 Å². The molecule has 198 valence electrons. The van der Waals surface area contributed by atoms with Gasteiger partial charge in [0.1, 0.15) is 5.82 Å². The Balaban J connectivity index is 1.60. The van der Waals surface area contributed by atoms with Gasteiger partial charge < -0.3 is 5.73 Å². The van der Waals surface area contributed by atoms with Crippen LogP contribution in [0.1, 0.15) is 58.6 Å². The van der Waals surface area contributed by atoms with Crippen LogP contribution >= 0.6 is 23.4 Å². The Kier molecular flexibility index (Phi) is 7.88. The monoisotopic (exact) mass is 553 g/mol. The number of thioether (sulfide) groups is 1. The normalized spacial score (nSPS) is 17.4. The quantitative estimate of drug-likeness (QED) is 0.335. The number of allylic oxidation sites excluding steroid dienone is 3. The molecule has 6 heteroatoms. The van der Waals surface area contributed by atoms with Gasteiger partial charge in [-0.05, 0) is 73.6 Å². The van der Waals surface area contributed by atoms with E-state index in [9.17, 15) is 10.1 Å². The van der Waals surface area contributed by atoms with Crippen molar-refractivity contribution < 1.29 is 4.79 Å². The summed E-state index contributed by atoms with van der Waals surface area (Å²) in [7, 11) is 0. The minimum atomic E-state index is -0.479. The molecule has 1 unspecified atom stereocenters. The van der Waals surface area contributed by atoms with Crippen LogP contribution in [0.3, 0.4) is 0 Å². The van der Waals surface area contributed by atoms with Gasteiger partial charge in [0.15, 0.2) is 5.78 Å². The smallest absolute Gasteiger partial charge is 0.161 e. The lowest BCUT2D eigenvalue weighted by molar-refractivity contribution is -0.116. The van der Waals surface area contributed by atoms with Gasteiger partial charge in [-0.1, -0.05) is 65.7 Å². The van der Waals surface area contributed by atoms with Gasteiger partial charge in [-0.2, -0.15) is 17.0 Å². The molecular formula is C33H32ClN3OS. The number of Topliss-reactive ketones (excluding diaryl/α,β-unsaturated/α-hetero) is 1. The maximum absolute atomic E-state index is 13.6. The number of hydrogen-bond donors (Lipinski definition) is 1. The molecule has 0 spiro atoms. The van der Waals surface area contributed by atoms with Crippen molar-refractivity contribution in [3.63, 3.8) is 0 Å². The fourth-order valence-electron chi connectivity index (χ4n) is 5.68. The maximum Gasteiger partial charge on any atom is 0.161 e. The number of hydrogen-bond acceptors (Lipinski definition) is 5. The molecule has 2 N–H and O–H groups in total. The topological polar surface area (TPSA) is 70.1 Å². The predicted octanol–water partition coefficient (Wildman–Crippen LogP) is 8.00. The van der Waals surface area contributed by atoms with Crippen molar-refractivity contribution in [2.45, 2.75) is 57.5 Å². The first-order valence-corrected chi connectivity index (χ1v) is 14.8. The Labute approximate surface area is 240 Å². The highest BCUT2D eigenvalue weighted by Crippen LogP contribution is 2.48. The molecule has 2 aliphatic rings. The third-order valence-electron chi connectivity index (χ3n) is 7.71. The lowest BCUT2D eigenvalue weighted by atomic mass is 9.73. The lowest BCUT2D eigenvalue weighted by Gasteiger charge is -2.40. The van der Waals surface area contributed by atoms with E-state index in [0.717, 1.165) is 51.6 Å². The van der Waals surface area contributed by atoms with Crippen molar-refractivity contribution >= 4 is 34.8 Å². The van der Waals surface area contributed by atoms with Crippen LogP contribution < -0.4 is 10.6 Å². The minimum absolute atomic E-state index is 0.0885. The summed E-state index contributed by atoms with van der Waals surface area (Å²) in [6.45, 7) is 6.14. The third-order valence-corrected chi connectivity index (χ3v) is 9.17.